The third kappa shape index (κ3) is 7.02. The van der Waals surface area contributed by atoms with Gasteiger partial charge in [-0.1, -0.05) is 18.2 Å². The molecule has 0 spiro atoms. The van der Waals surface area contributed by atoms with Crippen molar-refractivity contribution < 1.29 is 23.9 Å². The first-order chi connectivity index (χ1) is 17.4. The van der Waals surface area contributed by atoms with Crippen molar-refractivity contribution in [3.05, 3.63) is 59.2 Å². The van der Waals surface area contributed by atoms with Gasteiger partial charge >= 0.3 is 6.09 Å². The highest BCUT2D eigenvalue weighted by molar-refractivity contribution is 5.99. The topological polar surface area (TPSA) is 97.0 Å². The van der Waals surface area contributed by atoms with Gasteiger partial charge in [0, 0.05) is 11.7 Å². The second-order valence-electron chi connectivity index (χ2n) is 10.6. The third-order valence-corrected chi connectivity index (χ3v) is 6.53. The zero-order valence-electron chi connectivity index (χ0n) is 22.9. The van der Waals surface area contributed by atoms with E-state index < -0.39 is 23.8 Å². The molecule has 1 aliphatic carbocycles. The summed E-state index contributed by atoms with van der Waals surface area (Å²) in [5, 5.41) is 5.65. The van der Waals surface area contributed by atoms with Crippen molar-refractivity contribution in [3.63, 3.8) is 0 Å². The number of methoxy groups -OCH3 is 1. The molecule has 0 heterocycles. The van der Waals surface area contributed by atoms with Crippen LogP contribution in [0.5, 0.6) is 5.75 Å². The summed E-state index contributed by atoms with van der Waals surface area (Å²) in [5.74, 6) is 0.0398. The smallest absolute Gasteiger partial charge is 0.408 e. The van der Waals surface area contributed by atoms with Crippen LogP contribution in [0.2, 0.25) is 0 Å². The van der Waals surface area contributed by atoms with Crippen molar-refractivity contribution >= 4 is 23.6 Å². The Labute approximate surface area is 219 Å². The Balaban J connectivity index is 1.98. The largest absolute Gasteiger partial charge is 0.497 e. The number of amides is 3. The Morgan fingerprint density at radius 2 is 1.59 bits per heavy atom. The molecule has 2 aromatic rings. The number of hydrogen-bond donors (Lipinski definition) is 2. The highest BCUT2D eigenvalue weighted by atomic mass is 16.6. The molecule has 1 fully saturated rings. The number of anilines is 1. The molecule has 0 aromatic heterocycles. The van der Waals surface area contributed by atoms with Gasteiger partial charge < -0.3 is 25.0 Å². The molecule has 8 heteroatoms. The van der Waals surface area contributed by atoms with E-state index in [1.165, 1.54) is 0 Å². The predicted molar refractivity (Wildman–Crippen MR) is 144 cm³/mol. The summed E-state index contributed by atoms with van der Waals surface area (Å²) in [4.78, 5) is 42.0. The quantitative estimate of drug-likeness (QED) is 0.504. The summed E-state index contributed by atoms with van der Waals surface area (Å²) >= 11 is 0. The van der Waals surface area contributed by atoms with Crippen LogP contribution in [0, 0.1) is 13.8 Å². The van der Waals surface area contributed by atoms with Gasteiger partial charge in [-0.15, -0.1) is 0 Å². The normalized spacial score (nSPS) is 15.1. The lowest BCUT2D eigenvalue weighted by Gasteiger charge is -2.44. The van der Waals surface area contributed by atoms with Crippen LogP contribution in [-0.4, -0.2) is 47.6 Å². The summed E-state index contributed by atoms with van der Waals surface area (Å²) in [6, 6.07) is 11.0. The van der Waals surface area contributed by atoms with Crippen molar-refractivity contribution in [1.29, 1.82) is 0 Å². The van der Waals surface area contributed by atoms with Gasteiger partial charge in [-0.05, 0) is 102 Å². The van der Waals surface area contributed by atoms with E-state index >= 15 is 0 Å². The van der Waals surface area contributed by atoms with Gasteiger partial charge in [0.15, 0.2) is 0 Å². The average Bonchev–Trinajstić information content (AvgIpc) is 2.77. The molecule has 37 heavy (non-hydrogen) atoms. The lowest BCUT2D eigenvalue weighted by molar-refractivity contribution is -0.145. The highest BCUT2D eigenvalue weighted by Gasteiger charge is 2.42. The van der Waals surface area contributed by atoms with Gasteiger partial charge in [-0.2, -0.15) is 0 Å². The molecule has 0 bridgehead atoms. The molecule has 0 radical (unpaired) electrons. The lowest BCUT2D eigenvalue weighted by Crippen LogP contribution is -2.56. The van der Waals surface area contributed by atoms with Gasteiger partial charge in [0.1, 0.15) is 23.4 Å². The molecule has 3 rings (SSSR count). The van der Waals surface area contributed by atoms with E-state index in [9.17, 15) is 14.4 Å². The predicted octanol–water partition coefficient (Wildman–Crippen LogP) is 5.29. The monoisotopic (exact) mass is 509 g/mol. The maximum absolute atomic E-state index is 13.9. The number of rotatable bonds is 8. The van der Waals surface area contributed by atoms with Crippen molar-refractivity contribution in [2.45, 2.75) is 84.5 Å². The fourth-order valence-electron chi connectivity index (χ4n) is 4.49. The Morgan fingerprint density at radius 3 is 2.08 bits per heavy atom. The van der Waals surface area contributed by atoms with E-state index in [1.54, 1.807) is 64.0 Å². The van der Waals surface area contributed by atoms with Crippen LogP contribution in [-0.2, 0) is 14.3 Å². The number of carbonyl (C=O) groups excluding carboxylic acids is 3. The molecule has 2 N–H and O–H groups in total. The van der Waals surface area contributed by atoms with Crippen molar-refractivity contribution in [2.75, 3.05) is 12.4 Å². The summed E-state index contributed by atoms with van der Waals surface area (Å²) in [6.07, 6.45) is 1.89. The number of ether oxygens (including phenoxy) is 2. The minimum atomic E-state index is -0.879. The maximum Gasteiger partial charge on any atom is 0.408 e. The van der Waals surface area contributed by atoms with Gasteiger partial charge in [0.2, 0.25) is 5.91 Å². The third-order valence-electron chi connectivity index (χ3n) is 6.53. The molecule has 0 saturated heterocycles. The fraction of sp³-hybridized carbons (Fsp3) is 0.483. The number of nitrogens with one attached hydrogen (secondary N) is 2. The first-order valence-corrected chi connectivity index (χ1v) is 12.7. The summed E-state index contributed by atoms with van der Waals surface area (Å²) < 4.78 is 10.6. The van der Waals surface area contributed by atoms with E-state index in [-0.39, 0.29) is 17.9 Å². The number of alkyl carbamates (subject to hydrolysis) is 1. The van der Waals surface area contributed by atoms with Gasteiger partial charge in [0.05, 0.1) is 7.11 Å². The van der Waals surface area contributed by atoms with E-state index in [1.807, 2.05) is 32.0 Å². The maximum atomic E-state index is 13.9. The Kier molecular flexibility index (Phi) is 8.84. The highest BCUT2D eigenvalue weighted by Crippen LogP contribution is 2.36. The van der Waals surface area contributed by atoms with Crippen molar-refractivity contribution in [3.8, 4) is 5.75 Å². The average molecular weight is 510 g/mol. The fourth-order valence-corrected chi connectivity index (χ4v) is 4.49. The van der Waals surface area contributed by atoms with Gasteiger partial charge in [-0.25, -0.2) is 4.79 Å². The molecule has 3 amide bonds. The first kappa shape index (κ1) is 28.0. The van der Waals surface area contributed by atoms with Gasteiger partial charge in [0.25, 0.3) is 5.91 Å². The van der Waals surface area contributed by atoms with E-state index in [2.05, 4.69) is 10.6 Å². The Hall–Kier alpha value is -3.55. The number of hydrogen-bond acceptors (Lipinski definition) is 5. The zero-order chi connectivity index (χ0) is 27.3. The number of aryl methyl sites for hydroxylation is 2. The molecule has 1 saturated carbocycles. The Bertz CT molecular complexity index is 1100. The van der Waals surface area contributed by atoms with Crippen molar-refractivity contribution in [2.24, 2.45) is 0 Å². The minimum Gasteiger partial charge on any atom is -0.497 e. The number of nitrogens with zero attached hydrogens (tertiary/aromatic N) is 1. The summed E-state index contributed by atoms with van der Waals surface area (Å²) in [5.41, 5.74) is 2.53. The van der Waals surface area contributed by atoms with E-state index in [4.69, 9.17) is 9.47 Å². The number of carbonyl (C=O) groups is 3. The zero-order valence-corrected chi connectivity index (χ0v) is 22.9. The van der Waals surface area contributed by atoms with Crippen LogP contribution >= 0.6 is 0 Å². The molecule has 1 aliphatic rings. The first-order valence-electron chi connectivity index (χ1n) is 12.7. The van der Waals surface area contributed by atoms with Crippen LogP contribution in [0.4, 0.5) is 10.5 Å². The van der Waals surface area contributed by atoms with Crippen LogP contribution in [0.3, 0.4) is 0 Å². The second-order valence-corrected chi connectivity index (χ2v) is 10.6. The molecule has 2 atom stereocenters. The van der Waals surface area contributed by atoms with Crippen LogP contribution in [0.1, 0.15) is 69.7 Å². The minimum absolute atomic E-state index is 0.110. The second kappa shape index (κ2) is 11.7. The molecular weight excluding hydrogens is 470 g/mol. The standard InChI is InChI=1S/C29H39N3O5/c1-18-10-8-11-19(2)24(18)25(26(33)31-21-14-16-23(36-7)17-15-21)32(22-12-9-13-22)27(34)20(3)30-28(35)37-29(4,5)6/h8,10-11,14-17,20,22,25H,9,12-13H2,1-7H3,(H,30,35)(H,31,33). The van der Waals surface area contributed by atoms with E-state index in [0.717, 1.165) is 36.0 Å². The van der Waals surface area contributed by atoms with E-state index in [0.29, 0.717) is 11.4 Å². The van der Waals surface area contributed by atoms with Crippen LogP contribution in [0.25, 0.3) is 0 Å². The molecule has 2 aromatic carbocycles. The van der Waals surface area contributed by atoms with Crippen LogP contribution in [0.15, 0.2) is 42.5 Å². The van der Waals surface area contributed by atoms with Crippen LogP contribution < -0.4 is 15.4 Å². The summed E-state index contributed by atoms with van der Waals surface area (Å²) in [7, 11) is 1.58. The Morgan fingerprint density at radius 1 is 1.00 bits per heavy atom. The van der Waals surface area contributed by atoms with Crippen molar-refractivity contribution in [1.82, 2.24) is 10.2 Å². The SMILES string of the molecule is COc1ccc(NC(=O)C(c2c(C)cccc2C)N(C(=O)C(C)NC(=O)OC(C)(C)C)C2CCC2)cc1. The van der Waals surface area contributed by atoms with Gasteiger partial charge in [-0.3, -0.25) is 9.59 Å². The molecule has 200 valence electrons. The lowest BCUT2D eigenvalue weighted by atomic mass is 9.86. The molecule has 8 nitrogen and oxygen atoms in total. The number of benzene rings is 2. The molecule has 0 aliphatic heterocycles. The molecule has 2 unspecified atom stereocenters. The molecular formula is C29H39N3O5. The summed E-state index contributed by atoms with van der Waals surface area (Å²) in [6.45, 7) is 10.8.